The molecule has 5 heteroatoms. The molecule has 0 spiro atoms. The number of amides is 1. The van der Waals surface area contributed by atoms with Crippen LogP contribution >= 0.6 is 0 Å². The molecule has 5 nitrogen and oxygen atoms in total. The predicted octanol–water partition coefficient (Wildman–Crippen LogP) is 2.49. The van der Waals surface area contributed by atoms with Gasteiger partial charge in [-0.3, -0.25) is 4.98 Å². The van der Waals surface area contributed by atoms with Crippen molar-refractivity contribution in [2.75, 3.05) is 13.1 Å². The van der Waals surface area contributed by atoms with Gasteiger partial charge < -0.3 is 15.0 Å². The summed E-state index contributed by atoms with van der Waals surface area (Å²) in [5, 5.41) is 3.51. The van der Waals surface area contributed by atoms with E-state index in [0.29, 0.717) is 12.6 Å². The minimum Gasteiger partial charge on any atom is -0.444 e. The Morgan fingerprint density at radius 1 is 1.52 bits per heavy atom. The van der Waals surface area contributed by atoms with Gasteiger partial charge in [-0.2, -0.15) is 0 Å². The Balaban J connectivity index is 1.80. The molecule has 2 heterocycles. The maximum atomic E-state index is 12.0. The monoisotopic (exact) mass is 291 g/mol. The summed E-state index contributed by atoms with van der Waals surface area (Å²) in [6, 6.07) is 2.35. The molecule has 1 fully saturated rings. The fraction of sp³-hybridized carbons (Fsp3) is 0.625. The van der Waals surface area contributed by atoms with Crippen molar-refractivity contribution in [2.24, 2.45) is 0 Å². The molecule has 1 unspecified atom stereocenters. The molecule has 21 heavy (non-hydrogen) atoms. The van der Waals surface area contributed by atoms with Crippen LogP contribution in [0, 0.1) is 6.92 Å². The van der Waals surface area contributed by atoms with Gasteiger partial charge in [0.1, 0.15) is 5.60 Å². The van der Waals surface area contributed by atoms with Crippen molar-refractivity contribution in [1.82, 2.24) is 15.2 Å². The zero-order valence-corrected chi connectivity index (χ0v) is 13.3. The molecule has 1 saturated heterocycles. The number of likely N-dealkylation sites (tertiary alicyclic amines) is 1. The van der Waals surface area contributed by atoms with Crippen molar-refractivity contribution >= 4 is 6.09 Å². The van der Waals surface area contributed by atoms with Crippen LogP contribution in [0.25, 0.3) is 0 Å². The molecule has 0 saturated carbocycles. The van der Waals surface area contributed by atoms with Gasteiger partial charge in [0.05, 0.1) is 0 Å². The Labute approximate surface area is 126 Å². The predicted molar refractivity (Wildman–Crippen MR) is 82.0 cm³/mol. The van der Waals surface area contributed by atoms with Crippen LogP contribution in [0.2, 0.25) is 0 Å². The van der Waals surface area contributed by atoms with Crippen LogP contribution in [-0.4, -0.2) is 40.7 Å². The Kier molecular flexibility index (Phi) is 4.83. The van der Waals surface area contributed by atoms with Gasteiger partial charge in [0, 0.05) is 38.1 Å². The number of aromatic nitrogens is 1. The minimum absolute atomic E-state index is 0.216. The van der Waals surface area contributed by atoms with E-state index in [-0.39, 0.29) is 6.09 Å². The maximum absolute atomic E-state index is 12.0. The van der Waals surface area contributed by atoms with E-state index in [0.717, 1.165) is 19.5 Å². The highest BCUT2D eigenvalue weighted by Gasteiger charge is 2.29. The molecule has 1 aromatic rings. The van der Waals surface area contributed by atoms with Gasteiger partial charge in [0.15, 0.2) is 0 Å². The average molecular weight is 291 g/mol. The quantitative estimate of drug-likeness (QED) is 0.929. The van der Waals surface area contributed by atoms with Crippen LogP contribution in [0.3, 0.4) is 0 Å². The van der Waals surface area contributed by atoms with Gasteiger partial charge in [-0.05, 0) is 51.3 Å². The fourth-order valence-corrected chi connectivity index (χ4v) is 2.37. The number of nitrogens with zero attached hydrogens (tertiary/aromatic N) is 2. The summed E-state index contributed by atoms with van der Waals surface area (Å²) in [6.45, 7) is 10.0. The molecule has 1 N–H and O–H groups in total. The topological polar surface area (TPSA) is 54.5 Å². The summed E-state index contributed by atoms with van der Waals surface area (Å²) in [5.74, 6) is 0. The zero-order valence-electron chi connectivity index (χ0n) is 13.3. The SMILES string of the molecule is Cc1cnccc1CNC1CCN(C(=O)OC(C)(C)C)C1. The average Bonchev–Trinajstić information content (AvgIpc) is 2.85. The molecule has 0 aromatic carbocycles. The van der Waals surface area contributed by atoms with Gasteiger partial charge in [-0.1, -0.05) is 0 Å². The van der Waals surface area contributed by atoms with Gasteiger partial charge >= 0.3 is 6.09 Å². The number of ether oxygens (including phenoxy) is 1. The molecular formula is C16H25N3O2. The van der Waals surface area contributed by atoms with Crippen LogP contribution in [0.15, 0.2) is 18.5 Å². The van der Waals surface area contributed by atoms with E-state index in [9.17, 15) is 4.79 Å². The van der Waals surface area contributed by atoms with E-state index >= 15 is 0 Å². The van der Waals surface area contributed by atoms with Crippen molar-refractivity contribution in [3.8, 4) is 0 Å². The number of hydrogen-bond acceptors (Lipinski definition) is 4. The van der Waals surface area contributed by atoms with E-state index in [1.165, 1.54) is 11.1 Å². The molecule has 2 rings (SSSR count). The number of rotatable bonds is 3. The molecule has 116 valence electrons. The van der Waals surface area contributed by atoms with Crippen molar-refractivity contribution in [1.29, 1.82) is 0 Å². The highest BCUT2D eigenvalue weighted by molar-refractivity contribution is 5.68. The van der Waals surface area contributed by atoms with E-state index in [1.54, 1.807) is 4.90 Å². The first-order valence-electron chi connectivity index (χ1n) is 7.46. The number of aryl methyl sites for hydroxylation is 1. The largest absolute Gasteiger partial charge is 0.444 e. The van der Waals surface area contributed by atoms with Crippen LogP contribution in [0.5, 0.6) is 0 Å². The van der Waals surface area contributed by atoms with E-state index in [2.05, 4.69) is 17.2 Å². The molecule has 1 aliphatic rings. The number of pyridine rings is 1. The standard InChI is InChI=1S/C16H25N3O2/c1-12-9-17-7-5-13(12)10-18-14-6-8-19(11-14)15(20)21-16(2,3)4/h5,7,9,14,18H,6,8,10-11H2,1-4H3. The summed E-state index contributed by atoms with van der Waals surface area (Å²) < 4.78 is 5.40. The van der Waals surface area contributed by atoms with Crippen molar-refractivity contribution < 1.29 is 9.53 Å². The van der Waals surface area contributed by atoms with Crippen LogP contribution in [-0.2, 0) is 11.3 Å². The Morgan fingerprint density at radius 3 is 2.95 bits per heavy atom. The first-order chi connectivity index (χ1) is 9.85. The molecule has 0 aliphatic carbocycles. The smallest absolute Gasteiger partial charge is 0.410 e. The van der Waals surface area contributed by atoms with Crippen LogP contribution < -0.4 is 5.32 Å². The lowest BCUT2D eigenvalue weighted by Gasteiger charge is -2.24. The zero-order chi connectivity index (χ0) is 15.5. The van der Waals surface area contributed by atoms with Crippen molar-refractivity contribution in [3.63, 3.8) is 0 Å². The highest BCUT2D eigenvalue weighted by atomic mass is 16.6. The van der Waals surface area contributed by atoms with Gasteiger partial charge in [0.2, 0.25) is 0 Å². The number of carbonyl (C=O) groups is 1. The van der Waals surface area contributed by atoms with E-state index in [4.69, 9.17) is 4.74 Å². The van der Waals surface area contributed by atoms with Crippen LogP contribution in [0.1, 0.15) is 38.3 Å². The summed E-state index contributed by atoms with van der Waals surface area (Å²) in [6.07, 6.45) is 4.43. The lowest BCUT2D eigenvalue weighted by molar-refractivity contribution is 0.0291. The molecule has 1 amide bonds. The number of carbonyl (C=O) groups excluding carboxylic acids is 1. The third-order valence-electron chi connectivity index (χ3n) is 3.56. The Bertz CT molecular complexity index is 497. The summed E-state index contributed by atoms with van der Waals surface area (Å²) in [4.78, 5) is 17.9. The van der Waals surface area contributed by atoms with Crippen molar-refractivity contribution in [2.45, 2.75) is 52.3 Å². The first-order valence-corrected chi connectivity index (χ1v) is 7.46. The van der Waals surface area contributed by atoms with Gasteiger partial charge in [0.25, 0.3) is 0 Å². The maximum Gasteiger partial charge on any atom is 0.410 e. The Hall–Kier alpha value is -1.62. The summed E-state index contributed by atoms with van der Waals surface area (Å²) >= 11 is 0. The molecule has 0 bridgehead atoms. The second-order valence-electron chi connectivity index (χ2n) is 6.60. The summed E-state index contributed by atoms with van der Waals surface area (Å²) in [7, 11) is 0. The minimum atomic E-state index is -0.434. The second kappa shape index (κ2) is 6.43. The van der Waals surface area contributed by atoms with Gasteiger partial charge in [-0.25, -0.2) is 4.79 Å². The molecule has 0 radical (unpaired) electrons. The lowest BCUT2D eigenvalue weighted by Crippen LogP contribution is -2.38. The Morgan fingerprint density at radius 2 is 2.29 bits per heavy atom. The molecule has 1 aromatic heterocycles. The molecule has 1 aliphatic heterocycles. The van der Waals surface area contributed by atoms with Crippen LogP contribution in [0.4, 0.5) is 4.79 Å². The number of nitrogens with one attached hydrogen (secondary N) is 1. The lowest BCUT2D eigenvalue weighted by atomic mass is 10.1. The fourth-order valence-electron chi connectivity index (χ4n) is 2.37. The summed E-state index contributed by atoms with van der Waals surface area (Å²) in [5.41, 5.74) is 2.00. The van der Waals surface area contributed by atoms with Gasteiger partial charge in [-0.15, -0.1) is 0 Å². The normalized spacial score (nSPS) is 18.9. The van der Waals surface area contributed by atoms with E-state index in [1.807, 2.05) is 39.2 Å². The van der Waals surface area contributed by atoms with E-state index < -0.39 is 5.60 Å². The second-order valence-corrected chi connectivity index (χ2v) is 6.60. The first kappa shape index (κ1) is 15.8. The molecular weight excluding hydrogens is 266 g/mol. The molecule has 1 atom stereocenters. The third kappa shape index (κ3) is 4.70. The van der Waals surface area contributed by atoms with Crippen molar-refractivity contribution in [3.05, 3.63) is 29.6 Å². The third-order valence-corrected chi connectivity index (χ3v) is 3.56. The highest BCUT2D eigenvalue weighted by Crippen LogP contribution is 2.16. The number of hydrogen-bond donors (Lipinski definition) is 1.